The minimum absolute atomic E-state index is 0.129. The average molecular weight is 208 g/mol. The fourth-order valence-corrected chi connectivity index (χ4v) is 1.84. The summed E-state index contributed by atoms with van der Waals surface area (Å²) in [6, 6.07) is 1.86. The van der Waals surface area contributed by atoms with Gasteiger partial charge in [0.2, 0.25) is 0 Å². The molecule has 2 heterocycles. The molecule has 15 heavy (non-hydrogen) atoms. The number of fused-ring (bicyclic) bond motifs is 1. The van der Waals surface area contributed by atoms with Gasteiger partial charge in [0.15, 0.2) is 0 Å². The van der Waals surface area contributed by atoms with Crippen molar-refractivity contribution in [2.24, 2.45) is 0 Å². The molecule has 2 rings (SSSR count). The van der Waals surface area contributed by atoms with Crippen LogP contribution in [0.15, 0.2) is 6.07 Å². The van der Waals surface area contributed by atoms with Crippen molar-refractivity contribution >= 4 is 22.7 Å². The summed E-state index contributed by atoms with van der Waals surface area (Å²) in [4.78, 5) is 6.32. The van der Waals surface area contributed by atoms with E-state index in [1.54, 1.807) is 0 Å². The lowest BCUT2D eigenvalue weighted by Crippen LogP contribution is -2.01. The van der Waals surface area contributed by atoms with Gasteiger partial charge in [-0.05, 0) is 6.92 Å². The summed E-state index contributed by atoms with van der Waals surface area (Å²) in [6.45, 7) is 3.01. The van der Waals surface area contributed by atoms with E-state index in [0.29, 0.717) is 12.2 Å². The number of H-pyrrole nitrogens is 2. The molecular formula is C10H16N4O. The molecule has 0 amide bonds. The number of nitrogen functional groups attached to an aromatic ring is 1. The lowest BCUT2D eigenvalue weighted by atomic mass is 10.2. The summed E-state index contributed by atoms with van der Waals surface area (Å²) in [5.41, 5.74) is 8.69. The molecule has 0 aromatic carbocycles. The molecule has 0 saturated carbocycles. The van der Waals surface area contributed by atoms with Crippen LogP contribution in [-0.2, 0) is 6.42 Å². The molecule has 5 heteroatoms. The monoisotopic (exact) mass is 208 g/mol. The van der Waals surface area contributed by atoms with E-state index in [0.717, 1.165) is 29.0 Å². The molecule has 2 aromatic rings. The van der Waals surface area contributed by atoms with E-state index < -0.39 is 0 Å². The fraction of sp³-hybridized carbons (Fsp3) is 0.400. The largest absolute Gasteiger partial charge is 0.396 e. The lowest BCUT2D eigenvalue weighted by molar-refractivity contribution is 0.300. The van der Waals surface area contributed by atoms with E-state index in [1.807, 2.05) is 13.0 Å². The van der Waals surface area contributed by atoms with E-state index in [4.69, 9.17) is 10.8 Å². The van der Waals surface area contributed by atoms with E-state index >= 15 is 0 Å². The summed E-state index contributed by atoms with van der Waals surface area (Å²) in [6.07, 6.45) is 0.613. The minimum Gasteiger partial charge on any atom is -0.396 e. The summed E-state index contributed by atoms with van der Waals surface area (Å²) in [5.74, 6) is 1.60. The van der Waals surface area contributed by atoms with Crippen LogP contribution >= 0.6 is 0 Å². The molecule has 0 saturated heterocycles. The fourth-order valence-electron chi connectivity index (χ4n) is 1.84. The molecule has 2 aromatic heterocycles. The third-order valence-corrected chi connectivity index (χ3v) is 2.42. The standard InChI is InChI=1S/C10H16N4O/c1-2-12-10-6(3-4-15)9-7(13-10)5-8(11)14-9/h5,12-15H,2-4,11H2,1H3. The maximum atomic E-state index is 9.01. The van der Waals surface area contributed by atoms with E-state index in [9.17, 15) is 0 Å². The third kappa shape index (κ3) is 1.66. The predicted octanol–water partition coefficient (Wildman–Crippen LogP) is 1.04. The number of nitrogens with two attached hydrogens (primary N) is 1. The van der Waals surface area contributed by atoms with Crippen molar-refractivity contribution in [1.29, 1.82) is 0 Å². The molecule has 0 unspecified atom stereocenters. The number of rotatable bonds is 4. The Morgan fingerprint density at radius 1 is 1.47 bits per heavy atom. The summed E-state index contributed by atoms with van der Waals surface area (Å²) >= 11 is 0. The summed E-state index contributed by atoms with van der Waals surface area (Å²) in [7, 11) is 0. The van der Waals surface area contributed by atoms with E-state index in [-0.39, 0.29) is 6.61 Å². The number of aliphatic hydroxyl groups is 1. The SMILES string of the molecule is CCNc1[nH]c2cc(N)[nH]c2c1CCO. The van der Waals surface area contributed by atoms with Gasteiger partial charge in [0.25, 0.3) is 0 Å². The van der Waals surface area contributed by atoms with Gasteiger partial charge in [0.05, 0.1) is 11.0 Å². The zero-order valence-corrected chi connectivity index (χ0v) is 8.72. The predicted molar refractivity (Wildman–Crippen MR) is 62.0 cm³/mol. The van der Waals surface area contributed by atoms with Gasteiger partial charge in [-0.2, -0.15) is 0 Å². The molecule has 0 fully saturated rings. The van der Waals surface area contributed by atoms with Crippen molar-refractivity contribution in [1.82, 2.24) is 9.97 Å². The Morgan fingerprint density at radius 2 is 2.27 bits per heavy atom. The number of hydrogen-bond donors (Lipinski definition) is 5. The smallest absolute Gasteiger partial charge is 0.109 e. The van der Waals surface area contributed by atoms with Crippen molar-refractivity contribution in [2.45, 2.75) is 13.3 Å². The van der Waals surface area contributed by atoms with Crippen LogP contribution in [0.25, 0.3) is 11.0 Å². The molecule has 0 aliphatic rings. The highest BCUT2D eigenvalue weighted by Crippen LogP contribution is 2.27. The molecule has 0 bridgehead atoms. The van der Waals surface area contributed by atoms with Gasteiger partial charge in [0.1, 0.15) is 11.6 Å². The van der Waals surface area contributed by atoms with Gasteiger partial charge in [-0.1, -0.05) is 0 Å². The van der Waals surface area contributed by atoms with Gasteiger partial charge in [0, 0.05) is 31.2 Å². The van der Waals surface area contributed by atoms with E-state index in [1.165, 1.54) is 0 Å². The van der Waals surface area contributed by atoms with Gasteiger partial charge >= 0.3 is 0 Å². The zero-order chi connectivity index (χ0) is 10.8. The maximum Gasteiger partial charge on any atom is 0.109 e. The Hall–Kier alpha value is -1.62. The van der Waals surface area contributed by atoms with Crippen LogP contribution in [0.5, 0.6) is 0 Å². The van der Waals surface area contributed by atoms with Crippen LogP contribution in [-0.4, -0.2) is 28.2 Å². The Balaban J connectivity index is 2.50. The molecule has 5 nitrogen and oxygen atoms in total. The van der Waals surface area contributed by atoms with Crippen molar-refractivity contribution < 1.29 is 5.11 Å². The second-order valence-electron chi connectivity index (χ2n) is 3.50. The Morgan fingerprint density at radius 3 is 2.93 bits per heavy atom. The minimum atomic E-state index is 0.129. The van der Waals surface area contributed by atoms with Gasteiger partial charge < -0.3 is 26.1 Å². The topological polar surface area (TPSA) is 89.9 Å². The first-order chi connectivity index (χ1) is 7.26. The quantitative estimate of drug-likeness (QED) is 0.520. The zero-order valence-electron chi connectivity index (χ0n) is 8.72. The molecule has 82 valence electrons. The molecule has 0 aliphatic heterocycles. The first-order valence-electron chi connectivity index (χ1n) is 5.10. The van der Waals surface area contributed by atoms with Gasteiger partial charge in [-0.3, -0.25) is 0 Å². The third-order valence-electron chi connectivity index (χ3n) is 2.42. The highest BCUT2D eigenvalue weighted by Gasteiger charge is 2.12. The number of aliphatic hydroxyl groups excluding tert-OH is 1. The summed E-state index contributed by atoms with van der Waals surface area (Å²) < 4.78 is 0. The molecule has 6 N–H and O–H groups in total. The van der Waals surface area contributed by atoms with E-state index in [2.05, 4.69) is 15.3 Å². The number of anilines is 2. The summed E-state index contributed by atoms with van der Waals surface area (Å²) in [5, 5.41) is 12.2. The molecule has 0 aliphatic carbocycles. The van der Waals surface area contributed by atoms with Gasteiger partial charge in [-0.25, -0.2) is 0 Å². The molecule has 0 atom stereocenters. The second kappa shape index (κ2) is 3.86. The maximum absolute atomic E-state index is 9.01. The van der Waals surface area contributed by atoms with Crippen LogP contribution < -0.4 is 11.1 Å². The normalized spacial score (nSPS) is 11.1. The van der Waals surface area contributed by atoms with Crippen LogP contribution in [0, 0.1) is 0 Å². The van der Waals surface area contributed by atoms with Crippen LogP contribution in [0.1, 0.15) is 12.5 Å². The van der Waals surface area contributed by atoms with Gasteiger partial charge in [-0.15, -0.1) is 0 Å². The van der Waals surface area contributed by atoms with Crippen LogP contribution in [0.3, 0.4) is 0 Å². The van der Waals surface area contributed by atoms with Crippen LogP contribution in [0.2, 0.25) is 0 Å². The van der Waals surface area contributed by atoms with Crippen LogP contribution in [0.4, 0.5) is 11.6 Å². The van der Waals surface area contributed by atoms with Crippen molar-refractivity contribution in [3.05, 3.63) is 11.6 Å². The van der Waals surface area contributed by atoms with Crippen molar-refractivity contribution in [2.75, 3.05) is 24.2 Å². The lowest BCUT2D eigenvalue weighted by Gasteiger charge is -2.03. The average Bonchev–Trinajstić information content (AvgIpc) is 2.67. The number of aromatic amines is 2. The molecule has 0 spiro atoms. The number of hydrogen-bond acceptors (Lipinski definition) is 3. The number of nitrogens with one attached hydrogen (secondary N) is 3. The highest BCUT2D eigenvalue weighted by molar-refractivity contribution is 5.88. The van der Waals surface area contributed by atoms with Crippen molar-refractivity contribution in [3.8, 4) is 0 Å². The first kappa shape index (κ1) is 9.92. The molecule has 0 radical (unpaired) electrons. The Labute approximate surface area is 87.7 Å². The number of aromatic nitrogens is 2. The highest BCUT2D eigenvalue weighted by atomic mass is 16.2. The Kier molecular flexibility index (Phi) is 2.55. The van der Waals surface area contributed by atoms with Crippen molar-refractivity contribution in [3.63, 3.8) is 0 Å². The molecular weight excluding hydrogens is 192 g/mol. The first-order valence-corrected chi connectivity index (χ1v) is 5.10. The Bertz CT molecular complexity index is 457. The second-order valence-corrected chi connectivity index (χ2v) is 3.50.